The van der Waals surface area contributed by atoms with Crippen LogP contribution in [0.4, 0.5) is 0 Å². The Morgan fingerprint density at radius 2 is 2.00 bits per heavy atom. The molecule has 1 heterocycles. The van der Waals surface area contributed by atoms with Crippen molar-refractivity contribution in [3.63, 3.8) is 0 Å². The maximum absolute atomic E-state index is 6.03. The Morgan fingerprint density at radius 3 is 2.70 bits per heavy atom. The van der Waals surface area contributed by atoms with Gasteiger partial charge in [-0.05, 0) is 32.0 Å². The largest absolute Gasteiger partial charge is 0.459 e. The molecule has 1 fully saturated rings. The van der Waals surface area contributed by atoms with Gasteiger partial charge in [0.1, 0.15) is 11.3 Å². The molecule has 0 aliphatic heterocycles. The second-order valence-corrected chi connectivity index (χ2v) is 5.90. The fraction of sp³-hybridized carbons (Fsp3) is 0.529. The highest BCUT2D eigenvalue weighted by Gasteiger charge is 2.26. The summed E-state index contributed by atoms with van der Waals surface area (Å²) in [6, 6.07) is 11.1. The van der Waals surface area contributed by atoms with Crippen molar-refractivity contribution in [2.75, 3.05) is 13.6 Å². The number of likely N-dealkylation sites (N-methyl/N-ethyl adjacent to an activating group) is 1. The molecule has 20 heavy (non-hydrogen) atoms. The van der Waals surface area contributed by atoms with Gasteiger partial charge in [0.15, 0.2) is 0 Å². The molecule has 2 aromatic rings. The van der Waals surface area contributed by atoms with Gasteiger partial charge in [-0.15, -0.1) is 0 Å². The first-order valence-electron chi connectivity index (χ1n) is 7.70. The van der Waals surface area contributed by atoms with Crippen LogP contribution in [0.1, 0.15) is 43.9 Å². The summed E-state index contributed by atoms with van der Waals surface area (Å²) in [5.41, 5.74) is 6.99. The van der Waals surface area contributed by atoms with Gasteiger partial charge >= 0.3 is 0 Å². The molecule has 3 heteroatoms. The van der Waals surface area contributed by atoms with Crippen LogP contribution in [0.2, 0.25) is 0 Å². The number of fused-ring (bicyclic) bond motifs is 1. The second-order valence-electron chi connectivity index (χ2n) is 5.90. The molecule has 1 saturated carbocycles. The SMILES string of the molecule is CN(C1CCCCC1)C(CN)c1cc2ccccc2o1. The van der Waals surface area contributed by atoms with Crippen LogP contribution in [0.3, 0.4) is 0 Å². The van der Waals surface area contributed by atoms with Crippen LogP contribution in [0.25, 0.3) is 11.0 Å². The van der Waals surface area contributed by atoms with E-state index in [9.17, 15) is 0 Å². The lowest BCUT2D eigenvalue weighted by Crippen LogP contribution is -2.39. The van der Waals surface area contributed by atoms with Gasteiger partial charge in [-0.1, -0.05) is 37.5 Å². The molecule has 3 rings (SSSR count). The van der Waals surface area contributed by atoms with E-state index in [0.29, 0.717) is 12.6 Å². The maximum atomic E-state index is 6.03. The molecule has 3 nitrogen and oxygen atoms in total. The van der Waals surface area contributed by atoms with E-state index in [4.69, 9.17) is 10.2 Å². The van der Waals surface area contributed by atoms with Crippen LogP contribution in [0.5, 0.6) is 0 Å². The summed E-state index contributed by atoms with van der Waals surface area (Å²) in [7, 11) is 2.20. The van der Waals surface area contributed by atoms with Crippen LogP contribution < -0.4 is 5.73 Å². The summed E-state index contributed by atoms with van der Waals surface area (Å²) >= 11 is 0. The molecule has 1 unspecified atom stereocenters. The van der Waals surface area contributed by atoms with Crippen LogP contribution in [-0.4, -0.2) is 24.5 Å². The molecule has 108 valence electrons. The lowest BCUT2D eigenvalue weighted by atomic mass is 9.93. The van der Waals surface area contributed by atoms with E-state index in [1.165, 1.54) is 32.1 Å². The summed E-state index contributed by atoms with van der Waals surface area (Å²) in [5.74, 6) is 1.00. The predicted octanol–water partition coefficient (Wildman–Crippen LogP) is 3.70. The zero-order valence-corrected chi connectivity index (χ0v) is 12.2. The molecular formula is C17H24N2O. The number of nitrogens with zero attached hydrogens (tertiary/aromatic N) is 1. The van der Waals surface area contributed by atoms with Crippen LogP contribution in [-0.2, 0) is 0 Å². The Labute approximate surface area is 120 Å². The van der Waals surface area contributed by atoms with Gasteiger partial charge in [0.25, 0.3) is 0 Å². The number of benzene rings is 1. The number of furan rings is 1. The van der Waals surface area contributed by atoms with Gasteiger partial charge in [0, 0.05) is 18.0 Å². The highest BCUT2D eigenvalue weighted by molar-refractivity contribution is 5.77. The minimum atomic E-state index is 0.186. The van der Waals surface area contributed by atoms with Crippen molar-refractivity contribution >= 4 is 11.0 Å². The van der Waals surface area contributed by atoms with E-state index >= 15 is 0 Å². The highest BCUT2D eigenvalue weighted by Crippen LogP contribution is 2.31. The number of para-hydroxylation sites is 1. The molecule has 1 aromatic carbocycles. The van der Waals surface area contributed by atoms with Gasteiger partial charge in [-0.3, -0.25) is 4.90 Å². The van der Waals surface area contributed by atoms with Crippen molar-refractivity contribution in [2.45, 2.75) is 44.2 Å². The van der Waals surface area contributed by atoms with Crippen molar-refractivity contribution in [3.8, 4) is 0 Å². The number of rotatable bonds is 4. The summed E-state index contributed by atoms with van der Waals surface area (Å²) in [5, 5.41) is 1.16. The van der Waals surface area contributed by atoms with E-state index in [1.54, 1.807) is 0 Å². The van der Waals surface area contributed by atoms with E-state index in [-0.39, 0.29) is 6.04 Å². The van der Waals surface area contributed by atoms with Gasteiger partial charge in [0.05, 0.1) is 6.04 Å². The van der Waals surface area contributed by atoms with E-state index in [1.807, 2.05) is 18.2 Å². The third-order valence-electron chi connectivity index (χ3n) is 4.64. The van der Waals surface area contributed by atoms with Crippen LogP contribution in [0.15, 0.2) is 34.7 Å². The number of nitrogens with two attached hydrogens (primary N) is 1. The summed E-state index contributed by atoms with van der Waals surface area (Å²) in [4.78, 5) is 2.43. The first-order valence-corrected chi connectivity index (χ1v) is 7.70. The molecule has 2 N–H and O–H groups in total. The molecule has 1 aliphatic carbocycles. The maximum Gasteiger partial charge on any atom is 0.134 e. The van der Waals surface area contributed by atoms with Crippen molar-refractivity contribution < 1.29 is 4.42 Å². The average Bonchev–Trinajstić information content (AvgIpc) is 2.92. The van der Waals surface area contributed by atoms with Gasteiger partial charge in [-0.2, -0.15) is 0 Å². The van der Waals surface area contributed by atoms with Gasteiger partial charge < -0.3 is 10.2 Å². The van der Waals surface area contributed by atoms with Gasteiger partial charge in [0.2, 0.25) is 0 Å². The fourth-order valence-electron chi connectivity index (χ4n) is 3.39. The van der Waals surface area contributed by atoms with E-state index in [2.05, 4.69) is 24.1 Å². The van der Waals surface area contributed by atoms with E-state index in [0.717, 1.165) is 16.7 Å². The first kappa shape index (κ1) is 13.7. The quantitative estimate of drug-likeness (QED) is 0.923. The van der Waals surface area contributed by atoms with Crippen molar-refractivity contribution in [1.29, 1.82) is 0 Å². The van der Waals surface area contributed by atoms with Crippen LogP contribution >= 0.6 is 0 Å². The molecule has 0 radical (unpaired) electrons. The van der Waals surface area contributed by atoms with Crippen LogP contribution in [0, 0.1) is 0 Å². The molecule has 0 saturated heterocycles. The zero-order valence-electron chi connectivity index (χ0n) is 12.2. The third-order valence-corrected chi connectivity index (χ3v) is 4.64. The smallest absolute Gasteiger partial charge is 0.134 e. The second kappa shape index (κ2) is 5.98. The molecule has 1 aliphatic rings. The Balaban J connectivity index is 1.84. The van der Waals surface area contributed by atoms with E-state index < -0.39 is 0 Å². The zero-order chi connectivity index (χ0) is 13.9. The Morgan fingerprint density at radius 1 is 1.25 bits per heavy atom. The molecular weight excluding hydrogens is 248 g/mol. The molecule has 0 spiro atoms. The minimum Gasteiger partial charge on any atom is -0.459 e. The first-order chi connectivity index (χ1) is 9.79. The lowest BCUT2D eigenvalue weighted by molar-refractivity contribution is 0.128. The topological polar surface area (TPSA) is 42.4 Å². The van der Waals surface area contributed by atoms with Crippen molar-refractivity contribution in [2.24, 2.45) is 5.73 Å². The summed E-state index contributed by atoms with van der Waals surface area (Å²) in [6.45, 7) is 0.604. The Bertz CT molecular complexity index is 524. The number of hydrogen-bond acceptors (Lipinski definition) is 3. The minimum absolute atomic E-state index is 0.186. The molecule has 0 bridgehead atoms. The van der Waals surface area contributed by atoms with Crippen molar-refractivity contribution in [1.82, 2.24) is 4.90 Å². The predicted molar refractivity (Wildman–Crippen MR) is 82.6 cm³/mol. The normalized spacial score (nSPS) is 18.8. The third kappa shape index (κ3) is 2.60. The molecule has 1 atom stereocenters. The Hall–Kier alpha value is -1.32. The fourth-order valence-corrected chi connectivity index (χ4v) is 3.39. The highest BCUT2D eigenvalue weighted by atomic mass is 16.3. The van der Waals surface area contributed by atoms with Gasteiger partial charge in [-0.25, -0.2) is 0 Å². The standard InChI is InChI=1S/C17H24N2O/c1-19(14-8-3-2-4-9-14)15(12-18)17-11-13-7-5-6-10-16(13)20-17/h5-7,10-11,14-15H,2-4,8-9,12,18H2,1H3. The average molecular weight is 272 g/mol. The monoisotopic (exact) mass is 272 g/mol. The summed E-state index contributed by atoms with van der Waals surface area (Å²) in [6.07, 6.45) is 6.63. The molecule has 0 amide bonds. The number of hydrogen-bond donors (Lipinski definition) is 1. The lowest BCUT2D eigenvalue weighted by Gasteiger charge is -2.35. The summed E-state index contributed by atoms with van der Waals surface area (Å²) < 4.78 is 6.01. The Kier molecular flexibility index (Phi) is 4.08. The van der Waals surface area contributed by atoms with Crippen molar-refractivity contribution in [3.05, 3.63) is 36.1 Å². The molecule has 1 aromatic heterocycles.